The Morgan fingerprint density at radius 3 is 2.52 bits per heavy atom. The van der Waals surface area contributed by atoms with Crippen molar-refractivity contribution < 1.29 is 14.2 Å². The van der Waals surface area contributed by atoms with Gasteiger partial charge in [0.25, 0.3) is 0 Å². The lowest BCUT2D eigenvalue weighted by molar-refractivity contribution is 0.108. The van der Waals surface area contributed by atoms with Crippen LogP contribution < -0.4 is 15.0 Å². The van der Waals surface area contributed by atoms with Crippen LogP contribution in [0.5, 0.6) is 11.8 Å². The number of phenolic OH excluding ortho intramolecular Hbond substituents is 1. The fraction of sp³-hybridized carbons (Fsp3) is 0.438. The van der Waals surface area contributed by atoms with Gasteiger partial charge in [0.2, 0.25) is 0 Å². The first-order chi connectivity index (χ1) is 19.6. The number of rotatable bonds is 5. The molecule has 40 heavy (non-hydrogen) atoms. The molecule has 4 fully saturated rings. The lowest BCUT2D eigenvalue weighted by Gasteiger charge is -2.34. The number of ether oxygens (including phenoxy) is 1. The van der Waals surface area contributed by atoms with E-state index in [2.05, 4.69) is 15.1 Å². The average molecular weight is 540 g/mol. The van der Waals surface area contributed by atoms with E-state index in [0.717, 1.165) is 68.5 Å². The Kier molecular flexibility index (Phi) is 5.64. The van der Waals surface area contributed by atoms with Crippen molar-refractivity contribution in [2.24, 2.45) is 0 Å². The second kappa shape index (κ2) is 9.28. The highest BCUT2D eigenvalue weighted by Gasteiger charge is 2.45. The Labute approximate surface area is 233 Å². The van der Waals surface area contributed by atoms with Gasteiger partial charge in [-0.3, -0.25) is 4.90 Å². The molecule has 5 heterocycles. The van der Waals surface area contributed by atoms with E-state index >= 15 is 4.39 Å². The summed E-state index contributed by atoms with van der Waals surface area (Å²) in [6.07, 6.45) is 6.92. The third-order valence-corrected chi connectivity index (χ3v) is 9.70. The summed E-state index contributed by atoms with van der Waals surface area (Å²) >= 11 is 0. The molecule has 4 aliphatic rings. The third kappa shape index (κ3) is 3.91. The number of anilines is 1. The van der Waals surface area contributed by atoms with E-state index in [9.17, 15) is 5.11 Å². The summed E-state index contributed by atoms with van der Waals surface area (Å²) < 4.78 is 23.0. The number of nitrogens with one attached hydrogen (secondary N) is 1. The maximum atomic E-state index is 16.6. The molecule has 0 spiro atoms. The van der Waals surface area contributed by atoms with Crippen molar-refractivity contribution >= 4 is 27.5 Å². The Morgan fingerprint density at radius 2 is 1.73 bits per heavy atom. The van der Waals surface area contributed by atoms with E-state index in [1.165, 1.54) is 12.8 Å². The first kappa shape index (κ1) is 24.3. The number of aromatic hydroxyl groups is 1. The Balaban J connectivity index is 1.25. The topological polar surface area (TPSA) is 73.8 Å². The number of aromatic nitrogens is 2. The highest BCUT2D eigenvalue weighted by molar-refractivity contribution is 6.01. The van der Waals surface area contributed by atoms with Crippen molar-refractivity contribution in [1.82, 2.24) is 20.2 Å². The van der Waals surface area contributed by atoms with E-state index in [1.807, 2.05) is 30.3 Å². The minimum atomic E-state index is -0.415. The van der Waals surface area contributed by atoms with Crippen LogP contribution in [0.4, 0.5) is 10.2 Å². The van der Waals surface area contributed by atoms with Gasteiger partial charge < -0.3 is 20.1 Å². The molecule has 0 aliphatic carbocycles. The van der Waals surface area contributed by atoms with Crippen LogP contribution in [0, 0.1) is 5.82 Å². The van der Waals surface area contributed by atoms with Crippen molar-refractivity contribution in [1.29, 1.82) is 0 Å². The van der Waals surface area contributed by atoms with Crippen LogP contribution in [0.3, 0.4) is 0 Å². The number of benzene rings is 3. The van der Waals surface area contributed by atoms with E-state index in [4.69, 9.17) is 14.7 Å². The second-order valence-corrected chi connectivity index (χ2v) is 12.1. The zero-order chi connectivity index (χ0) is 26.8. The molecule has 2 atom stereocenters. The van der Waals surface area contributed by atoms with Gasteiger partial charge in [-0.25, -0.2) is 4.39 Å². The average Bonchev–Trinajstić information content (AvgIpc) is 3.65. The molecule has 4 aromatic rings. The molecule has 0 amide bonds. The van der Waals surface area contributed by atoms with E-state index < -0.39 is 5.82 Å². The highest BCUT2D eigenvalue weighted by Crippen LogP contribution is 2.41. The molecule has 206 valence electrons. The van der Waals surface area contributed by atoms with Gasteiger partial charge in [0.15, 0.2) is 5.82 Å². The van der Waals surface area contributed by atoms with Crippen LogP contribution >= 0.6 is 0 Å². The van der Waals surface area contributed by atoms with Gasteiger partial charge in [-0.2, -0.15) is 9.97 Å². The molecule has 2 bridgehead atoms. The maximum Gasteiger partial charge on any atom is 0.319 e. The predicted octanol–water partition coefficient (Wildman–Crippen LogP) is 5.24. The molecule has 7 nitrogen and oxygen atoms in total. The van der Waals surface area contributed by atoms with Gasteiger partial charge in [0, 0.05) is 36.1 Å². The molecule has 8 heteroatoms. The van der Waals surface area contributed by atoms with E-state index in [-0.39, 0.29) is 22.8 Å². The summed E-state index contributed by atoms with van der Waals surface area (Å²) in [6, 6.07) is 15.9. The van der Waals surface area contributed by atoms with Crippen LogP contribution in [-0.2, 0) is 0 Å². The molecule has 1 aromatic heterocycles. The number of fused-ring (bicyclic) bond motifs is 5. The van der Waals surface area contributed by atoms with Gasteiger partial charge in [-0.05, 0) is 86.1 Å². The zero-order valence-electron chi connectivity index (χ0n) is 22.6. The lowest BCUT2D eigenvalue weighted by Crippen LogP contribution is -2.51. The second-order valence-electron chi connectivity index (χ2n) is 12.1. The van der Waals surface area contributed by atoms with Crippen LogP contribution in [0.25, 0.3) is 32.8 Å². The molecule has 0 radical (unpaired) electrons. The van der Waals surface area contributed by atoms with Crippen LogP contribution in [0.15, 0.2) is 48.5 Å². The van der Waals surface area contributed by atoms with Crippen molar-refractivity contribution in [2.75, 3.05) is 37.7 Å². The fourth-order valence-corrected chi connectivity index (χ4v) is 7.79. The minimum absolute atomic E-state index is 0.0491. The molecule has 0 saturated carbocycles. The molecule has 4 aliphatic heterocycles. The van der Waals surface area contributed by atoms with Crippen LogP contribution in [0.1, 0.15) is 38.5 Å². The lowest BCUT2D eigenvalue weighted by atomic mass is 9.95. The SMILES string of the molecule is Oc1cc(-c2ccc3c(N4C[C@H]5CC[C@@H](C4)N5)nc(OCC45CCCN4CCC5)nc3c2F)c2ccccc2c1. The predicted molar refractivity (Wildman–Crippen MR) is 155 cm³/mol. The first-order valence-electron chi connectivity index (χ1n) is 14.7. The minimum Gasteiger partial charge on any atom is -0.508 e. The highest BCUT2D eigenvalue weighted by atomic mass is 19.1. The molecule has 4 saturated heterocycles. The molecular formula is C32H34FN5O2. The van der Waals surface area contributed by atoms with E-state index in [1.54, 1.807) is 18.2 Å². The monoisotopic (exact) mass is 539 g/mol. The summed E-state index contributed by atoms with van der Waals surface area (Å²) in [4.78, 5) is 14.5. The zero-order valence-corrected chi connectivity index (χ0v) is 22.6. The van der Waals surface area contributed by atoms with Crippen molar-refractivity contribution in [3.8, 4) is 22.9 Å². The normalized spacial score (nSPS) is 23.8. The quantitative estimate of drug-likeness (QED) is 0.359. The Hall–Kier alpha value is -3.49. The number of hydrogen-bond donors (Lipinski definition) is 2. The summed E-state index contributed by atoms with van der Waals surface area (Å²) in [5.74, 6) is 0.437. The molecule has 0 unspecified atom stereocenters. The van der Waals surface area contributed by atoms with Gasteiger partial charge in [-0.1, -0.05) is 30.3 Å². The number of phenols is 1. The number of hydrogen-bond acceptors (Lipinski definition) is 7. The summed E-state index contributed by atoms with van der Waals surface area (Å²) in [6.45, 7) is 4.43. The first-order valence-corrected chi connectivity index (χ1v) is 14.7. The third-order valence-electron chi connectivity index (χ3n) is 9.70. The fourth-order valence-electron chi connectivity index (χ4n) is 7.79. The van der Waals surface area contributed by atoms with Crippen LogP contribution in [-0.4, -0.2) is 70.4 Å². The standard InChI is InChI=1S/C32H34FN5O2/c33-28-25(27-16-23(39)15-20-5-1-2-6-24(20)27)9-10-26-29(28)35-31(40-19-32-11-3-13-38(32)14-4-12-32)36-30(26)37-17-21-7-8-22(18-37)34-21/h1-2,5-6,9-10,15-16,21-22,34,39H,3-4,7-8,11-14,17-19H2/t21-,22+. The Morgan fingerprint density at radius 1 is 0.950 bits per heavy atom. The van der Waals surface area contributed by atoms with Crippen molar-refractivity contribution in [3.63, 3.8) is 0 Å². The molecule has 2 N–H and O–H groups in total. The van der Waals surface area contributed by atoms with E-state index in [0.29, 0.717) is 35.2 Å². The summed E-state index contributed by atoms with van der Waals surface area (Å²) in [7, 11) is 0. The molecule has 8 rings (SSSR count). The maximum absolute atomic E-state index is 16.6. The van der Waals surface area contributed by atoms with Gasteiger partial charge in [-0.15, -0.1) is 0 Å². The molecule has 3 aromatic carbocycles. The van der Waals surface area contributed by atoms with Crippen LogP contribution in [0.2, 0.25) is 0 Å². The smallest absolute Gasteiger partial charge is 0.319 e. The number of piperazine rings is 1. The summed E-state index contributed by atoms with van der Waals surface area (Å²) in [5, 5.41) is 16.6. The Bertz CT molecular complexity index is 1600. The van der Waals surface area contributed by atoms with Crippen molar-refractivity contribution in [2.45, 2.75) is 56.1 Å². The summed E-state index contributed by atoms with van der Waals surface area (Å²) in [5.41, 5.74) is 1.37. The number of nitrogens with zero attached hydrogens (tertiary/aromatic N) is 4. The van der Waals surface area contributed by atoms with Gasteiger partial charge >= 0.3 is 6.01 Å². The van der Waals surface area contributed by atoms with Gasteiger partial charge in [0.1, 0.15) is 23.7 Å². The van der Waals surface area contributed by atoms with Gasteiger partial charge in [0.05, 0.1) is 5.54 Å². The number of halogens is 1. The molecular weight excluding hydrogens is 505 g/mol. The largest absolute Gasteiger partial charge is 0.508 e. The van der Waals surface area contributed by atoms with Crippen molar-refractivity contribution in [3.05, 3.63) is 54.3 Å².